The van der Waals surface area contributed by atoms with Crippen molar-refractivity contribution in [3.05, 3.63) is 53.9 Å². The van der Waals surface area contributed by atoms with Crippen LogP contribution in [0.3, 0.4) is 0 Å². The number of rotatable bonds is 7. The van der Waals surface area contributed by atoms with Crippen LogP contribution < -0.4 is 5.32 Å². The third-order valence-corrected chi connectivity index (χ3v) is 3.38. The highest BCUT2D eigenvalue weighted by Gasteiger charge is 2.17. The first-order valence-electron chi connectivity index (χ1n) is 7.24. The molecule has 0 fully saturated rings. The van der Waals surface area contributed by atoms with Crippen LogP contribution in [0.1, 0.15) is 37.7 Å². The van der Waals surface area contributed by atoms with Crippen LogP contribution in [0.5, 0.6) is 0 Å². The highest BCUT2D eigenvalue weighted by molar-refractivity contribution is 5.22. The molecule has 0 aliphatic carbocycles. The number of hydrogen-bond acceptors (Lipinski definition) is 2. The predicted octanol–water partition coefficient (Wildman–Crippen LogP) is 3.33. The van der Waals surface area contributed by atoms with Crippen molar-refractivity contribution in [2.45, 2.75) is 39.3 Å². The van der Waals surface area contributed by atoms with Gasteiger partial charge in [-0.1, -0.05) is 32.0 Å². The van der Waals surface area contributed by atoms with Gasteiger partial charge in [-0.05, 0) is 19.0 Å². The lowest BCUT2D eigenvalue weighted by atomic mass is 10.0. The van der Waals surface area contributed by atoms with E-state index in [1.807, 2.05) is 31.5 Å². The van der Waals surface area contributed by atoms with E-state index in [2.05, 4.69) is 21.8 Å². The van der Waals surface area contributed by atoms with Crippen LogP contribution in [0, 0.1) is 5.82 Å². The fourth-order valence-electron chi connectivity index (χ4n) is 2.45. The minimum Gasteiger partial charge on any atom is -0.335 e. The Morgan fingerprint density at radius 1 is 1.30 bits per heavy atom. The van der Waals surface area contributed by atoms with Gasteiger partial charge in [0, 0.05) is 37.0 Å². The van der Waals surface area contributed by atoms with Gasteiger partial charge in [0.25, 0.3) is 0 Å². The first-order chi connectivity index (χ1) is 9.76. The summed E-state index contributed by atoms with van der Waals surface area (Å²) in [6.07, 6.45) is 5.56. The lowest BCUT2D eigenvalue weighted by Gasteiger charge is -2.19. The molecule has 1 unspecified atom stereocenters. The third-order valence-electron chi connectivity index (χ3n) is 3.38. The molecule has 0 saturated carbocycles. The summed E-state index contributed by atoms with van der Waals surface area (Å²) in [6.45, 7) is 5.92. The molecular weight excluding hydrogens is 253 g/mol. The molecule has 3 nitrogen and oxygen atoms in total. The maximum absolute atomic E-state index is 14.0. The Balaban J connectivity index is 2.21. The second-order valence-corrected chi connectivity index (χ2v) is 4.87. The largest absolute Gasteiger partial charge is 0.335 e. The fourth-order valence-corrected chi connectivity index (χ4v) is 2.45. The van der Waals surface area contributed by atoms with Crippen molar-refractivity contribution in [2.75, 3.05) is 6.54 Å². The van der Waals surface area contributed by atoms with Gasteiger partial charge < -0.3 is 9.88 Å². The van der Waals surface area contributed by atoms with Crippen LogP contribution >= 0.6 is 0 Å². The van der Waals surface area contributed by atoms with Crippen molar-refractivity contribution in [3.8, 4) is 0 Å². The SMILES string of the molecule is CCCn1ccnc1CC(NCC)c1ccccc1F. The molecule has 1 N–H and O–H groups in total. The van der Waals surface area contributed by atoms with E-state index in [4.69, 9.17) is 0 Å². The molecule has 0 spiro atoms. The zero-order valence-corrected chi connectivity index (χ0v) is 12.1. The summed E-state index contributed by atoms with van der Waals surface area (Å²) in [5, 5.41) is 3.35. The molecule has 0 aliphatic rings. The molecule has 1 heterocycles. The van der Waals surface area contributed by atoms with Crippen LogP contribution in [0.4, 0.5) is 4.39 Å². The van der Waals surface area contributed by atoms with Gasteiger partial charge in [-0.2, -0.15) is 0 Å². The van der Waals surface area contributed by atoms with Gasteiger partial charge in [-0.3, -0.25) is 0 Å². The highest BCUT2D eigenvalue weighted by Crippen LogP contribution is 2.20. The molecule has 2 rings (SSSR count). The summed E-state index contributed by atoms with van der Waals surface area (Å²) in [6, 6.07) is 6.91. The molecule has 0 aliphatic heterocycles. The van der Waals surface area contributed by atoms with E-state index in [0.717, 1.165) is 25.3 Å². The highest BCUT2D eigenvalue weighted by atomic mass is 19.1. The van der Waals surface area contributed by atoms with Crippen molar-refractivity contribution in [2.24, 2.45) is 0 Å². The second-order valence-electron chi connectivity index (χ2n) is 4.87. The fraction of sp³-hybridized carbons (Fsp3) is 0.438. The van der Waals surface area contributed by atoms with Gasteiger partial charge >= 0.3 is 0 Å². The number of imidazole rings is 1. The first kappa shape index (κ1) is 14.7. The third kappa shape index (κ3) is 3.45. The summed E-state index contributed by atoms with van der Waals surface area (Å²) in [7, 11) is 0. The average molecular weight is 275 g/mol. The molecule has 0 radical (unpaired) electrons. The van der Waals surface area contributed by atoms with E-state index < -0.39 is 0 Å². The smallest absolute Gasteiger partial charge is 0.127 e. The molecule has 4 heteroatoms. The quantitative estimate of drug-likeness (QED) is 0.840. The molecule has 1 atom stereocenters. The molecule has 1 aromatic carbocycles. The summed E-state index contributed by atoms with van der Waals surface area (Å²) >= 11 is 0. The van der Waals surface area contributed by atoms with Crippen molar-refractivity contribution in [1.29, 1.82) is 0 Å². The number of aryl methyl sites for hydroxylation is 1. The van der Waals surface area contributed by atoms with Gasteiger partial charge in [0.05, 0.1) is 0 Å². The number of benzene rings is 1. The van der Waals surface area contributed by atoms with Crippen molar-refractivity contribution >= 4 is 0 Å². The lowest BCUT2D eigenvalue weighted by Crippen LogP contribution is -2.25. The molecule has 1 aromatic heterocycles. The maximum Gasteiger partial charge on any atom is 0.127 e. The Morgan fingerprint density at radius 2 is 2.10 bits per heavy atom. The number of halogens is 1. The number of nitrogens with one attached hydrogen (secondary N) is 1. The molecule has 20 heavy (non-hydrogen) atoms. The van der Waals surface area contributed by atoms with E-state index in [0.29, 0.717) is 12.0 Å². The normalized spacial score (nSPS) is 12.6. The zero-order chi connectivity index (χ0) is 14.4. The van der Waals surface area contributed by atoms with E-state index in [-0.39, 0.29) is 11.9 Å². The summed E-state index contributed by atoms with van der Waals surface area (Å²) in [5.74, 6) is 0.841. The standard InChI is InChI=1S/C16H22FN3/c1-3-10-20-11-9-19-16(20)12-15(18-4-2)13-7-5-6-8-14(13)17/h5-9,11,15,18H,3-4,10,12H2,1-2H3. The van der Waals surface area contributed by atoms with E-state index in [9.17, 15) is 4.39 Å². The van der Waals surface area contributed by atoms with Crippen LogP contribution in [-0.2, 0) is 13.0 Å². The molecule has 0 bridgehead atoms. The Labute approximate surface area is 119 Å². The number of likely N-dealkylation sites (N-methyl/N-ethyl adjacent to an activating group) is 1. The topological polar surface area (TPSA) is 29.9 Å². The molecule has 0 amide bonds. The summed E-state index contributed by atoms with van der Waals surface area (Å²) < 4.78 is 16.1. The second kappa shape index (κ2) is 7.20. The number of aromatic nitrogens is 2. The van der Waals surface area contributed by atoms with E-state index >= 15 is 0 Å². The van der Waals surface area contributed by atoms with Crippen LogP contribution in [-0.4, -0.2) is 16.1 Å². The Bertz CT molecular complexity index is 536. The van der Waals surface area contributed by atoms with Gasteiger partial charge in [0.1, 0.15) is 11.6 Å². The minimum atomic E-state index is -0.160. The van der Waals surface area contributed by atoms with Gasteiger partial charge in [-0.25, -0.2) is 9.37 Å². The summed E-state index contributed by atoms with van der Waals surface area (Å²) in [4.78, 5) is 4.41. The Hall–Kier alpha value is -1.68. The number of hydrogen-bond donors (Lipinski definition) is 1. The van der Waals surface area contributed by atoms with E-state index in [1.165, 1.54) is 6.07 Å². The molecular formula is C16H22FN3. The summed E-state index contributed by atoms with van der Waals surface area (Å²) in [5.41, 5.74) is 0.709. The molecule has 108 valence electrons. The van der Waals surface area contributed by atoms with Crippen molar-refractivity contribution in [1.82, 2.24) is 14.9 Å². The van der Waals surface area contributed by atoms with Crippen molar-refractivity contribution < 1.29 is 4.39 Å². The average Bonchev–Trinajstić information content (AvgIpc) is 2.87. The Morgan fingerprint density at radius 3 is 2.80 bits per heavy atom. The van der Waals surface area contributed by atoms with Gasteiger partial charge in [0.15, 0.2) is 0 Å². The monoisotopic (exact) mass is 275 g/mol. The van der Waals surface area contributed by atoms with Crippen LogP contribution in [0.2, 0.25) is 0 Å². The number of nitrogens with zero attached hydrogens (tertiary/aromatic N) is 2. The van der Waals surface area contributed by atoms with Gasteiger partial charge in [0.2, 0.25) is 0 Å². The maximum atomic E-state index is 14.0. The van der Waals surface area contributed by atoms with Gasteiger partial charge in [-0.15, -0.1) is 0 Å². The molecule has 2 aromatic rings. The van der Waals surface area contributed by atoms with E-state index in [1.54, 1.807) is 6.07 Å². The van der Waals surface area contributed by atoms with Crippen LogP contribution in [0.25, 0.3) is 0 Å². The molecule has 0 saturated heterocycles. The predicted molar refractivity (Wildman–Crippen MR) is 79.0 cm³/mol. The lowest BCUT2D eigenvalue weighted by molar-refractivity contribution is 0.489. The minimum absolute atomic E-state index is 0.0424. The first-order valence-corrected chi connectivity index (χ1v) is 7.24. The Kier molecular flexibility index (Phi) is 5.30. The zero-order valence-electron chi connectivity index (χ0n) is 12.1. The van der Waals surface area contributed by atoms with Crippen LogP contribution in [0.15, 0.2) is 36.7 Å². The van der Waals surface area contributed by atoms with Crippen molar-refractivity contribution in [3.63, 3.8) is 0 Å².